The standard InChI is InChI=1S/C37H37N7O4S/c45-34-21-33(48-25-27-7-3-1-4-8-27)16-13-29(34)22-38-42-35(46)24-44-19-17-43(18-20-44)23-32-26-49-36(39-32)28-11-14-31(15-12-28)41-37(47)40-30-9-5-2-6-10-30/h1-16,21-22,26,45H,17-20,23-25H2,(H,42,46)(H2,40,41,47)/b38-22+. The van der Waals surface area contributed by atoms with Gasteiger partial charge in [-0.2, -0.15) is 5.10 Å². The van der Waals surface area contributed by atoms with Crippen molar-refractivity contribution in [3.05, 3.63) is 125 Å². The molecule has 12 heteroatoms. The number of aromatic hydroxyl groups is 1. The van der Waals surface area contributed by atoms with Crippen LogP contribution in [0.4, 0.5) is 16.2 Å². The number of hydrogen-bond donors (Lipinski definition) is 4. The summed E-state index contributed by atoms with van der Waals surface area (Å²) in [6, 6.07) is 31.4. The molecule has 0 bridgehead atoms. The van der Waals surface area contributed by atoms with E-state index in [4.69, 9.17) is 9.72 Å². The molecule has 11 nitrogen and oxygen atoms in total. The summed E-state index contributed by atoms with van der Waals surface area (Å²) in [6.45, 7) is 4.53. The number of thiazole rings is 1. The van der Waals surface area contributed by atoms with E-state index in [1.54, 1.807) is 23.5 Å². The van der Waals surface area contributed by atoms with Gasteiger partial charge >= 0.3 is 6.03 Å². The molecule has 4 N–H and O–H groups in total. The number of para-hydroxylation sites is 1. The fourth-order valence-corrected chi connectivity index (χ4v) is 6.05. The van der Waals surface area contributed by atoms with Gasteiger partial charge < -0.3 is 20.5 Å². The fraction of sp³-hybridized carbons (Fsp3) is 0.189. The maximum Gasteiger partial charge on any atom is 0.323 e. The molecule has 1 aromatic heterocycles. The monoisotopic (exact) mass is 675 g/mol. The van der Waals surface area contributed by atoms with Crippen molar-refractivity contribution >= 4 is 40.9 Å². The maximum atomic E-state index is 12.5. The van der Waals surface area contributed by atoms with E-state index in [1.165, 1.54) is 12.3 Å². The van der Waals surface area contributed by atoms with Gasteiger partial charge in [0, 0.05) is 66.7 Å². The van der Waals surface area contributed by atoms with Gasteiger partial charge in [-0.1, -0.05) is 48.5 Å². The van der Waals surface area contributed by atoms with Gasteiger partial charge in [-0.15, -0.1) is 11.3 Å². The Labute approximate surface area is 288 Å². The Morgan fingerprint density at radius 1 is 0.857 bits per heavy atom. The summed E-state index contributed by atoms with van der Waals surface area (Å²) in [5.41, 5.74) is 7.49. The number of phenolic OH excluding ortho intramolecular Hbond substituents is 1. The van der Waals surface area contributed by atoms with E-state index in [-0.39, 0.29) is 24.2 Å². The van der Waals surface area contributed by atoms with Gasteiger partial charge in [-0.25, -0.2) is 15.2 Å². The van der Waals surface area contributed by atoms with Crippen molar-refractivity contribution in [2.75, 3.05) is 43.4 Å². The number of carbonyl (C=O) groups excluding carboxylic acids is 2. The minimum absolute atomic E-state index is 0.0164. The zero-order valence-electron chi connectivity index (χ0n) is 26.8. The van der Waals surface area contributed by atoms with Gasteiger partial charge in [-0.3, -0.25) is 14.6 Å². The zero-order chi connectivity index (χ0) is 33.8. The highest BCUT2D eigenvalue weighted by Crippen LogP contribution is 2.26. The predicted molar refractivity (Wildman–Crippen MR) is 193 cm³/mol. The Kier molecular flexibility index (Phi) is 11.2. The summed E-state index contributed by atoms with van der Waals surface area (Å²) >= 11 is 1.59. The SMILES string of the molecule is O=C(CN1CCN(Cc2csc(-c3ccc(NC(=O)Nc4ccccc4)cc3)n2)CC1)N/N=C/c1ccc(OCc2ccccc2)cc1O. The Morgan fingerprint density at radius 3 is 2.24 bits per heavy atom. The van der Waals surface area contributed by atoms with Crippen LogP contribution in [0.2, 0.25) is 0 Å². The first-order valence-electron chi connectivity index (χ1n) is 15.9. The summed E-state index contributed by atoms with van der Waals surface area (Å²) in [6.07, 6.45) is 1.42. The lowest BCUT2D eigenvalue weighted by Gasteiger charge is -2.33. The summed E-state index contributed by atoms with van der Waals surface area (Å²) in [4.78, 5) is 34.1. The summed E-state index contributed by atoms with van der Waals surface area (Å²) < 4.78 is 5.74. The number of ether oxygens (including phenoxy) is 1. The van der Waals surface area contributed by atoms with Crippen molar-refractivity contribution in [2.24, 2.45) is 5.10 Å². The number of benzene rings is 4. The molecular formula is C37H37N7O4S. The number of nitrogens with zero attached hydrogens (tertiary/aromatic N) is 4. The Hall–Kier alpha value is -5.56. The van der Waals surface area contributed by atoms with Crippen molar-refractivity contribution in [1.29, 1.82) is 0 Å². The molecule has 2 heterocycles. The molecule has 6 rings (SSSR count). The largest absolute Gasteiger partial charge is 0.507 e. The molecule has 1 aliphatic rings. The van der Waals surface area contributed by atoms with Crippen LogP contribution in [-0.2, 0) is 17.9 Å². The van der Waals surface area contributed by atoms with Crippen LogP contribution in [0.1, 0.15) is 16.8 Å². The van der Waals surface area contributed by atoms with Crippen LogP contribution >= 0.6 is 11.3 Å². The summed E-state index contributed by atoms with van der Waals surface area (Å²) in [7, 11) is 0. The Morgan fingerprint density at radius 2 is 1.53 bits per heavy atom. The van der Waals surface area contributed by atoms with Gasteiger partial charge in [0.25, 0.3) is 5.91 Å². The number of nitrogens with one attached hydrogen (secondary N) is 3. The second-order valence-corrected chi connectivity index (χ2v) is 12.4. The molecule has 5 aromatic rings. The van der Waals surface area contributed by atoms with Crippen LogP contribution in [0.25, 0.3) is 10.6 Å². The third-order valence-electron chi connectivity index (χ3n) is 7.83. The van der Waals surface area contributed by atoms with Crippen LogP contribution < -0.4 is 20.8 Å². The van der Waals surface area contributed by atoms with Gasteiger partial charge in [0.15, 0.2) is 0 Å². The van der Waals surface area contributed by atoms with Crippen molar-refractivity contribution in [2.45, 2.75) is 13.2 Å². The molecule has 0 unspecified atom stereocenters. The molecule has 1 fully saturated rings. The first-order valence-corrected chi connectivity index (χ1v) is 16.8. The Bertz CT molecular complexity index is 1860. The smallest absolute Gasteiger partial charge is 0.323 e. The molecule has 0 saturated carbocycles. The van der Waals surface area contributed by atoms with Crippen LogP contribution in [0.15, 0.2) is 114 Å². The lowest BCUT2D eigenvalue weighted by Crippen LogP contribution is -2.48. The van der Waals surface area contributed by atoms with E-state index in [1.807, 2.05) is 84.9 Å². The number of phenols is 1. The first-order chi connectivity index (χ1) is 24.0. The molecule has 0 aliphatic carbocycles. The number of hydrazone groups is 1. The second kappa shape index (κ2) is 16.5. The molecular weight excluding hydrogens is 639 g/mol. The number of hydrogen-bond acceptors (Lipinski definition) is 9. The minimum Gasteiger partial charge on any atom is -0.507 e. The van der Waals surface area contributed by atoms with Crippen LogP contribution in [0.3, 0.4) is 0 Å². The number of rotatable bonds is 12. The number of amides is 3. The van der Waals surface area contributed by atoms with E-state index in [0.29, 0.717) is 23.6 Å². The molecule has 250 valence electrons. The highest BCUT2D eigenvalue weighted by molar-refractivity contribution is 7.13. The fourth-order valence-electron chi connectivity index (χ4n) is 5.23. The van der Waals surface area contributed by atoms with Gasteiger partial charge in [0.2, 0.25) is 0 Å². The van der Waals surface area contributed by atoms with E-state index in [2.05, 4.69) is 36.3 Å². The molecule has 1 saturated heterocycles. The average molecular weight is 676 g/mol. The third-order valence-corrected chi connectivity index (χ3v) is 8.77. The van der Waals surface area contributed by atoms with Gasteiger partial charge in [0.05, 0.1) is 18.5 Å². The van der Waals surface area contributed by atoms with Gasteiger partial charge in [0.1, 0.15) is 23.1 Å². The molecule has 0 spiro atoms. The van der Waals surface area contributed by atoms with E-state index < -0.39 is 0 Å². The number of aromatic nitrogens is 1. The minimum atomic E-state index is -0.297. The summed E-state index contributed by atoms with van der Waals surface area (Å²) in [5.74, 6) is 0.347. The molecule has 0 atom stereocenters. The maximum absolute atomic E-state index is 12.5. The lowest BCUT2D eigenvalue weighted by molar-refractivity contribution is -0.122. The highest BCUT2D eigenvalue weighted by Gasteiger charge is 2.20. The van der Waals surface area contributed by atoms with Crippen molar-refractivity contribution in [3.63, 3.8) is 0 Å². The van der Waals surface area contributed by atoms with Crippen molar-refractivity contribution < 1.29 is 19.4 Å². The number of anilines is 2. The number of urea groups is 1. The van der Waals surface area contributed by atoms with Crippen LogP contribution in [0.5, 0.6) is 11.5 Å². The molecule has 1 aliphatic heterocycles. The lowest BCUT2D eigenvalue weighted by atomic mass is 10.2. The number of carbonyl (C=O) groups is 2. The van der Waals surface area contributed by atoms with Crippen molar-refractivity contribution in [3.8, 4) is 22.1 Å². The number of piperazine rings is 1. The zero-order valence-corrected chi connectivity index (χ0v) is 27.6. The van der Waals surface area contributed by atoms with E-state index in [0.717, 1.165) is 60.2 Å². The molecule has 49 heavy (non-hydrogen) atoms. The van der Waals surface area contributed by atoms with E-state index in [9.17, 15) is 14.7 Å². The van der Waals surface area contributed by atoms with E-state index >= 15 is 0 Å². The normalized spacial score (nSPS) is 13.6. The molecule has 4 aromatic carbocycles. The summed E-state index contributed by atoms with van der Waals surface area (Å²) in [5, 5.41) is 23.1. The Balaban J connectivity index is 0.895. The second-order valence-electron chi connectivity index (χ2n) is 11.5. The highest BCUT2D eigenvalue weighted by atomic mass is 32.1. The van der Waals surface area contributed by atoms with Crippen LogP contribution in [-0.4, -0.2) is 70.8 Å². The average Bonchev–Trinajstić information content (AvgIpc) is 3.58. The molecule has 3 amide bonds. The first kappa shape index (κ1) is 33.3. The topological polar surface area (TPSA) is 131 Å². The predicted octanol–water partition coefficient (Wildman–Crippen LogP) is 6.01. The van der Waals surface area contributed by atoms with Crippen LogP contribution in [0, 0.1) is 0 Å². The van der Waals surface area contributed by atoms with Gasteiger partial charge in [-0.05, 0) is 54.1 Å². The third kappa shape index (κ3) is 9.97. The molecule has 0 radical (unpaired) electrons. The quantitative estimate of drug-likeness (QED) is 0.0942. The van der Waals surface area contributed by atoms with Crippen molar-refractivity contribution in [1.82, 2.24) is 20.2 Å².